The normalized spacial score (nSPS) is 10.4. The molecule has 0 fully saturated rings. The lowest BCUT2D eigenvalue weighted by molar-refractivity contribution is -0.119. The van der Waals surface area contributed by atoms with Crippen molar-refractivity contribution in [3.63, 3.8) is 0 Å². The van der Waals surface area contributed by atoms with Crippen molar-refractivity contribution in [2.75, 3.05) is 11.1 Å². The first-order valence-electron chi connectivity index (χ1n) is 9.65. The van der Waals surface area contributed by atoms with E-state index in [4.69, 9.17) is 12.2 Å². The number of pyridine rings is 1. The standard InChI is InChI=1S/C22H19N7OS2/c30-19(25-27-21(31)24-17-9-3-1-4-10-17)15-32-22-28-26-20(16-8-7-13-23-14-16)29(22)18-11-5-2-6-12-18/h1-14H,15H2,(H,25,30)(H2,24,27,31). The molecule has 160 valence electrons. The Morgan fingerprint density at radius 3 is 2.41 bits per heavy atom. The van der Waals surface area contributed by atoms with Gasteiger partial charge in [-0.1, -0.05) is 48.2 Å². The zero-order valence-corrected chi connectivity index (χ0v) is 18.4. The second-order valence-corrected chi connectivity index (χ2v) is 7.85. The number of anilines is 1. The number of thiocarbonyl (C=S) groups is 1. The molecular weight excluding hydrogens is 442 g/mol. The van der Waals surface area contributed by atoms with Crippen LogP contribution in [-0.4, -0.2) is 36.5 Å². The summed E-state index contributed by atoms with van der Waals surface area (Å²) in [4.78, 5) is 16.5. The molecule has 0 aliphatic carbocycles. The molecule has 0 radical (unpaired) electrons. The SMILES string of the molecule is O=C(CSc1nnc(-c2cccnc2)n1-c1ccccc1)NNC(=S)Nc1ccccc1. The maximum Gasteiger partial charge on any atom is 0.248 e. The largest absolute Gasteiger partial charge is 0.331 e. The number of thioether (sulfide) groups is 1. The molecule has 4 rings (SSSR count). The fourth-order valence-corrected chi connectivity index (χ4v) is 3.75. The number of benzene rings is 2. The van der Waals surface area contributed by atoms with Crippen LogP contribution in [0.2, 0.25) is 0 Å². The lowest BCUT2D eigenvalue weighted by atomic mass is 10.2. The topological polar surface area (TPSA) is 96.8 Å². The molecule has 4 aromatic rings. The van der Waals surface area contributed by atoms with Crippen LogP contribution in [0.25, 0.3) is 17.1 Å². The lowest BCUT2D eigenvalue weighted by Crippen LogP contribution is -2.44. The molecule has 3 N–H and O–H groups in total. The summed E-state index contributed by atoms with van der Waals surface area (Å²) in [6.07, 6.45) is 3.44. The maximum atomic E-state index is 12.3. The number of hydrogen-bond acceptors (Lipinski definition) is 6. The van der Waals surface area contributed by atoms with Crippen LogP contribution >= 0.6 is 24.0 Å². The van der Waals surface area contributed by atoms with Gasteiger partial charge < -0.3 is 5.32 Å². The fourth-order valence-electron chi connectivity index (χ4n) is 2.83. The van der Waals surface area contributed by atoms with Crippen molar-refractivity contribution >= 4 is 40.7 Å². The molecule has 2 aromatic heterocycles. The summed E-state index contributed by atoms with van der Waals surface area (Å²) in [5, 5.41) is 12.5. The van der Waals surface area contributed by atoms with Gasteiger partial charge >= 0.3 is 0 Å². The monoisotopic (exact) mass is 461 g/mol. The van der Waals surface area contributed by atoms with Gasteiger partial charge in [-0.05, 0) is 48.6 Å². The molecule has 2 heterocycles. The van der Waals surface area contributed by atoms with Gasteiger partial charge in [-0.15, -0.1) is 10.2 Å². The molecule has 0 aliphatic heterocycles. The lowest BCUT2D eigenvalue weighted by Gasteiger charge is -2.12. The van der Waals surface area contributed by atoms with Crippen LogP contribution in [0, 0.1) is 0 Å². The average molecular weight is 462 g/mol. The van der Waals surface area contributed by atoms with Crippen molar-refractivity contribution in [1.29, 1.82) is 0 Å². The van der Waals surface area contributed by atoms with Gasteiger partial charge in [-0.2, -0.15) is 0 Å². The quantitative estimate of drug-likeness (QED) is 0.228. The second-order valence-electron chi connectivity index (χ2n) is 6.50. The molecule has 1 amide bonds. The maximum absolute atomic E-state index is 12.3. The number of nitrogens with zero attached hydrogens (tertiary/aromatic N) is 4. The van der Waals surface area contributed by atoms with Gasteiger partial charge in [0.1, 0.15) is 0 Å². The summed E-state index contributed by atoms with van der Waals surface area (Å²) in [5.74, 6) is 0.523. The van der Waals surface area contributed by atoms with Gasteiger partial charge in [0.05, 0.1) is 5.75 Å². The minimum absolute atomic E-state index is 0.124. The van der Waals surface area contributed by atoms with E-state index in [1.807, 2.05) is 77.4 Å². The average Bonchev–Trinajstić information content (AvgIpc) is 3.27. The number of carbonyl (C=O) groups excluding carboxylic acids is 1. The third kappa shape index (κ3) is 5.48. The van der Waals surface area contributed by atoms with E-state index in [2.05, 4.69) is 31.3 Å². The van der Waals surface area contributed by atoms with Crippen molar-refractivity contribution in [3.8, 4) is 17.1 Å². The predicted octanol–water partition coefficient (Wildman–Crippen LogP) is 3.44. The molecule has 10 heteroatoms. The molecule has 0 unspecified atom stereocenters. The molecule has 0 bridgehead atoms. The molecule has 0 spiro atoms. The van der Waals surface area contributed by atoms with Crippen LogP contribution in [0.3, 0.4) is 0 Å². The van der Waals surface area contributed by atoms with Crippen LogP contribution in [-0.2, 0) is 4.79 Å². The number of amides is 1. The van der Waals surface area contributed by atoms with Crippen molar-refractivity contribution in [1.82, 2.24) is 30.6 Å². The Balaban J connectivity index is 1.41. The Morgan fingerprint density at radius 2 is 1.69 bits per heavy atom. The first-order chi connectivity index (χ1) is 15.7. The number of carbonyl (C=O) groups is 1. The molecular formula is C22H19N7OS2. The van der Waals surface area contributed by atoms with Gasteiger partial charge in [0.15, 0.2) is 16.1 Å². The Hall–Kier alpha value is -3.76. The highest BCUT2D eigenvalue weighted by Gasteiger charge is 2.17. The Bertz CT molecular complexity index is 1180. The third-order valence-corrected chi connectivity index (χ3v) is 5.38. The number of nitrogens with one attached hydrogen (secondary N) is 3. The van der Waals surface area contributed by atoms with E-state index in [0.717, 1.165) is 16.9 Å². The van der Waals surface area contributed by atoms with Gasteiger partial charge in [0, 0.05) is 29.3 Å². The number of rotatable bonds is 6. The predicted molar refractivity (Wildman–Crippen MR) is 129 cm³/mol. The van der Waals surface area contributed by atoms with Gasteiger partial charge in [0.25, 0.3) is 0 Å². The number of para-hydroxylation sites is 2. The van der Waals surface area contributed by atoms with E-state index in [9.17, 15) is 4.79 Å². The molecule has 0 atom stereocenters. The zero-order chi connectivity index (χ0) is 22.2. The van der Waals surface area contributed by atoms with E-state index in [-0.39, 0.29) is 11.7 Å². The molecule has 0 aliphatic rings. The van der Waals surface area contributed by atoms with E-state index >= 15 is 0 Å². The van der Waals surface area contributed by atoms with E-state index < -0.39 is 0 Å². The summed E-state index contributed by atoms with van der Waals surface area (Å²) in [6.45, 7) is 0. The highest BCUT2D eigenvalue weighted by Crippen LogP contribution is 2.27. The van der Waals surface area contributed by atoms with E-state index in [1.165, 1.54) is 11.8 Å². The van der Waals surface area contributed by atoms with Gasteiger partial charge in [-0.25, -0.2) is 0 Å². The molecule has 8 nitrogen and oxygen atoms in total. The number of aromatic nitrogens is 4. The zero-order valence-electron chi connectivity index (χ0n) is 16.8. The second kappa shape index (κ2) is 10.5. The Labute approximate surface area is 194 Å². The first kappa shape index (κ1) is 21.5. The fraction of sp³-hybridized carbons (Fsp3) is 0.0455. The van der Waals surface area contributed by atoms with Crippen LogP contribution < -0.4 is 16.2 Å². The van der Waals surface area contributed by atoms with Crippen LogP contribution in [0.15, 0.2) is 90.3 Å². The van der Waals surface area contributed by atoms with Crippen LogP contribution in [0.4, 0.5) is 5.69 Å². The van der Waals surface area contributed by atoms with Crippen molar-refractivity contribution < 1.29 is 4.79 Å². The molecule has 0 saturated carbocycles. The molecule has 0 saturated heterocycles. The number of hydrogen-bond donors (Lipinski definition) is 3. The summed E-state index contributed by atoms with van der Waals surface area (Å²) in [6, 6.07) is 23.0. The highest BCUT2D eigenvalue weighted by molar-refractivity contribution is 7.99. The first-order valence-corrected chi connectivity index (χ1v) is 11.0. The summed E-state index contributed by atoms with van der Waals surface area (Å²) in [7, 11) is 0. The Morgan fingerprint density at radius 1 is 0.938 bits per heavy atom. The minimum Gasteiger partial charge on any atom is -0.331 e. The van der Waals surface area contributed by atoms with Crippen molar-refractivity contribution in [3.05, 3.63) is 85.2 Å². The highest BCUT2D eigenvalue weighted by atomic mass is 32.2. The summed E-state index contributed by atoms with van der Waals surface area (Å²) >= 11 is 6.47. The minimum atomic E-state index is -0.252. The Kier molecular flexibility index (Phi) is 7.05. The molecule has 2 aromatic carbocycles. The van der Waals surface area contributed by atoms with Gasteiger partial charge in [-0.3, -0.25) is 25.2 Å². The third-order valence-electron chi connectivity index (χ3n) is 4.25. The summed E-state index contributed by atoms with van der Waals surface area (Å²) in [5.41, 5.74) is 7.84. The van der Waals surface area contributed by atoms with Crippen LogP contribution in [0.5, 0.6) is 0 Å². The van der Waals surface area contributed by atoms with Crippen molar-refractivity contribution in [2.45, 2.75) is 5.16 Å². The number of hydrazine groups is 1. The van der Waals surface area contributed by atoms with Gasteiger partial charge in [0.2, 0.25) is 5.91 Å². The molecule has 32 heavy (non-hydrogen) atoms. The van der Waals surface area contributed by atoms with E-state index in [0.29, 0.717) is 16.1 Å². The summed E-state index contributed by atoms with van der Waals surface area (Å²) < 4.78 is 1.91. The van der Waals surface area contributed by atoms with Crippen LogP contribution in [0.1, 0.15) is 0 Å². The smallest absolute Gasteiger partial charge is 0.248 e. The van der Waals surface area contributed by atoms with Crippen molar-refractivity contribution in [2.24, 2.45) is 0 Å². The van der Waals surface area contributed by atoms with E-state index in [1.54, 1.807) is 12.4 Å².